The van der Waals surface area contributed by atoms with Crippen LogP contribution in [0, 0.1) is 0 Å². The van der Waals surface area contributed by atoms with E-state index in [1.807, 2.05) is 12.1 Å². The van der Waals surface area contributed by atoms with Crippen molar-refractivity contribution in [3.05, 3.63) is 22.8 Å². The second-order valence-electron chi connectivity index (χ2n) is 3.74. The van der Waals surface area contributed by atoms with E-state index in [0.717, 1.165) is 23.7 Å². The van der Waals surface area contributed by atoms with Gasteiger partial charge in [-0.25, -0.2) is 4.98 Å². The molecule has 0 bridgehead atoms. The summed E-state index contributed by atoms with van der Waals surface area (Å²) in [5.41, 5.74) is 0. The summed E-state index contributed by atoms with van der Waals surface area (Å²) in [5.74, 6) is 0.815. The molecule has 0 atom stereocenters. The fourth-order valence-corrected chi connectivity index (χ4v) is 1.72. The van der Waals surface area contributed by atoms with Crippen molar-refractivity contribution in [1.82, 2.24) is 4.98 Å². The first-order valence-corrected chi connectivity index (χ1v) is 6.32. The molecular weight excluding hydrogens is 268 g/mol. The minimum Gasteiger partial charge on any atom is -0.300 e. The zero-order valence-corrected chi connectivity index (χ0v) is 11.3. The van der Waals surface area contributed by atoms with E-state index in [-0.39, 0.29) is 5.91 Å². The minimum absolute atomic E-state index is 0.124. The maximum absolute atomic E-state index is 11.8. The highest BCUT2D eigenvalue weighted by Crippen LogP contribution is 2.16. The molecule has 1 rings (SSSR count). The third-order valence-electron chi connectivity index (χ3n) is 2.42. The van der Waals surface area contributed by atoms with Gasteiger partial charge in [-0.1, -0.05) is 35.7 Å². The van der Waals surface area contributed by atoms with Crippen LogP contribution in [-0.4, -0.2) is 17.9 Å². The fraction of sp³-hybridized carbons (Fsp3) is 0.500. The molecule has 0 aliphatic heterocycles. The Morgan fingerprint density at radius 3 is 2.88 bits per heavy atom. The number of anilines is 1. The van der Waals surface area contributed by atoms with Crippen molar-refractivity contribution in [1.29, 1.82) is 0 Å². The van der Waals surface area contributed by atoms with Gasteiger partial charge < -0.3 is 0 Å². The van der Waals surface area contributed by atoms with Gasteiger partial charge in [0.1, 0.15) is 5.82 Å². The van der Waals surface area contributed by atoms with E-state index in [1.54, 1.807) is 18.1 Å². The lowest BCUT2D eigenvalue weighted by atomic mass is 10.2. The van der Waals surface area contributed by atoms with Crippen LogP contribution in [0.4, 0.5) is 5.82 Å². The van der Waals surface area contributed by atoms with E-state index in [1.165, 1.54) is 0 Å². The van der Waals surface area contributed by atoms with Crippen LogP contribution < -0.4 is 4.90 Å². The SMILES string of the molecule is CCCCCC(=O)N(C)c1cc(Br)ccn1. The lowest BCUT2D eigenvalue weighted by molar-refractivity contribution is -0.118. The fourth-order valence-electron chi connectivity index (χ4n) is 1.40. The molecule has 0 N–H and O–H groups in total. The maximum atomic E-state index is 11.8. The van der Waals surface area contributed by atoms with Gasteiger partial charge in [0.25, 0.3) is 0 Å². The summed E-state index contributed by atoms with van der Waals surface area (Å²) in [4.78, 5) is 17.6. The number of hydrogen-bond acceptors (Lipinski definition) is 2. The summed E-state index contributed by atoms with van der Waals surface area (Å²) in [6.07, 6.45) is 5.47. The predicted molar refractivity (Wildman–Crippen MR) is 69.5 cm³/mol. The molecule has 0 saturated carbocycles. The molecule has 0 radical (unpaired) electrons. The van der Waals surface area contributed by atoms with Crippen LogP contribution in [0.25, 0.3) is 0 Å². The molecular formula is C12H17BrN2O. The topological polar surface area (TPSA) is 33.2 Å². The van der Waals surface area contributed by atoms with E-state index >= 15 is 0 Å². The number of carbonyl (C=O) groups is 1. The van der Waals surface area contributed by atoms with Gasteiger partial charge in [0.15, 0.2) is 0 Å². The van der Waals surface area contributed by atoms with E-state index < -0.39 is 0 Å². The first-order valence-electron chi connectivity index (χ1n) is 5.53. The number of rotatable bonds is 5. The number of aromatic nitrogens is 1. The van der Waals surface area contributed by atoms with E-state index in [9.17, 15) is 4.79 Å². The highest BCUT2D eigenvalue weighted by Gasteiger charge is 2.11. The molecule has 1 aromatic rings. The summed E-state index contributed by atoms with van der Waals surface area (Å²) in [6.45, 7) is 2.13. The van der Waals surface area contributed by atoms with Crippen molar-refractivity contribution >= 4 is 27.7 Å². The number of hydrogen-bond donors (Lipinski definition) is 0. The third-order valence-corrected chi connectivity index (χ3v) is 2.91. The predicted octanol–water partition coefficient (Wildman–Crippen LogP) is 3.39. The van der Waals surface area contributed by atoms with Crippen molar-refractivity contribution < 1.29 is 4.79 Å². The maximum Gasteiger partial charge on any atom is 0.227 e. The average Bonchev–Trinajstić information content (AvgIpc) is 2.28. The number of carbonyl (C=O) groups excluding carboxylic acids is 1. The lowest BCUT2D eigenvalue weighted by Crippen LogP contribution is -2.26. The molecule has 88 valence electrons. The van der Waals surface area contributed by atoms with E-state index in [2.05, 4.69) is 27.8 Å². The molecule has 3 nitrogen and oxygen atoms in total. The van der Waals surface area contributed by atoms with Crippen molar-refractivity contribution in [2.75, 3.05) is 11.9 Å². The van der Waals surface area contributed by atoms with Gasteiger partial charge in [0.05, 0.1) is 0 Å². The van der Waals surface area contributed by atoms with Crippen molar-refractivity contribution in [2.45, 2.75) is 32.6 Å². The highest BCUT2D eigenvalue weighted by molar-refractivity contribution is 9.10. The molecule has 1 aromatic heterocycles. The lowest BCUT2D eigenvalue weighted by Gasteiger charge is -2.16. The van der Waals surface area contributed by atoms with Crippen molar-refractivity contribution in [2.24, 2.45) is 0 Å². The van der Waals surface area contributed by atoms with Gasteiger partial charge in [-0.15, -0.1) is 0 Å². The largest absolute Gasteiger partial charge is 0.300 e. The molecule has 1 heterocycles. The van der Waals surface area contributed by atoms with Crippen LogP contribution in [0.3, 0.4) is 0 Å². The molecule has 0 aromatic carbocycles. The van der Waals surface area contributed by atoms with Crippen LogP contribution in [-0.2, 0) is 4.79 Å². The van der Waals surface area contributed by atoms with Crippen LogP contribution in [0.15, 0.2) is 22.8 Å². The summed E-state index contributed by atoms with van der Waals surface area (Å²) in [7, 11) is 1.77. The Bertz CT molecular complexity index is 355. The molecule has 0 saturated heterocycles. The second-order valence-corrected chi connectivity index (χ2v) is 4.66. The first kappa shape index (κ1) is 13.2. The molecule has 0 fully saturated rings. The molecule has 4 heteroatoms. The third kappa shape index (κ3) is 3.93. The zero-order chi connectivity index (χ0) is 12.0. The monoisotopic (exact) mass is 284 g/mol. The van der Waals surface area contributed by atoms with Gasteiger partial charge in [-0.05, 0) is 18.6 Å². The second kappa shape index (κ2) is 6.63. The highest BCUT2D eigenvalue weighted by atomic mass is 79.9. The zero-order valence-electron chi connectivity index (χ0n) is 9.74. The first-order chi connectivity index (χ1) is 7.65. The quantitative estimate of drug-likeness (QED) is 0.777. The Balaban J connectivity index is 2.56. The Kier molecular flexibility index (Phi) is 5.46. The van der Waals surface area contributed by atoms with Crippen LogP contribution in [0.5, 0.6) is 0 Å². The summed E-state index contributed by atoms with van der Waals surface area (Å²) in [5, 5.41) is 0. The minimum atomic E-state index is 0.124. The summed E-state index contributed by atoms with van der Waals surface area (Å²) in [6, 6.07) is 3.69. The molecule has 0 aliphatic carbocycles. The van der Waals surface area contributed by atoms with Gasteiger partial charge in [-0.2, -0.15) is 0 Å². The number of unbranched alkanes of at least 4 members (excludes halogenated alkanes) is 2. The van der Waals surface area contributed by atoms with Gasteiger partial charge >= 0.3 is 0 Å². The molecule has 16 heavy (non-hydrogen) atoms. The summed E-state index contributed by atoms with van der Waals surface area (Å²) >= 11 is 3.37. The summed E-state index contributed by atoms with van der Waals surface area (Å²) < 4.78 is 0.936. The number of halogens is 1. The standard InChI is InChI=1S/C12H17BrN2O/c1-3-4-5-6-12(16)15(2)11-9-10(13)7-8-14-11/h7-9H,3-6H2,1-2H3. The molecule has 0 aliphatic rings. The number of amides is 1. The van der Waals surface area contributed by atoms with Crippen molar-refractivity contribution in [3.8, 4) is 0 Å². The van der Waals surface area contributed by atoms with E-state index in [4.69, 9.17) is 0 Å². The Morgan fingerprint density at radius 1 is 1.50 bits per heavy atom. The molecule has 1 amide bonds. The van der Waals surface area contributed by atoms with Gasteiger partial charge in [-0.3, -0.25) is 9.69 Å². The van der Waals surface area contributed by atoms with Gasteiger partial charge in [0.2, 0.25) is 5.91 Å². The van der Waals surface area contributed by atoms with Crippen LogP contribution in [0.1, 0.15) is 32.6 Å². The molecule has 0 unspecified atom stereocenters. The van der Waals surface area contributed by atoms with Gasteiger partial charge in [0, 0.05) is 24.1 Å². The van der Waals surface area contributed by atoms with Crippen molar-refractivity contribution in [3.63, 3.8) is 0 Å². The number of nitrogens with zero attached hydrogens (tertiary/aromatic N) is 2. The Labute approximate surface area is 105 Å². The Hall–Kier alpha value is -0.900. The average molecular weight is 285 g/mol. The van der Waals surface area contributed by atoms with Crippen LogP contribution in [0.2, 0.25) is 0 Å². The molecule has 0 spiro atoms. The number of pyridine rings is 1. The Morgan fingerprint density at radius 2 is 2.25 bits per heavy atom. The normalized spacial score (nSPS) is 10.2. The van der Waals surface area contributed by atoms with E-state index in [0.29, 0.717) is 12.2 Å². The van der Waals surface area contributed by atoms with Crippen LogP contribution >= 0.6 is 15.9 Å². The smallest absolute Gasteiger partial charge is 0.227 e.